The summed E-state index contributed by atoms with van der Waals surface area (Å²) in [5.41, 5.74) is 0. The average molecular weight is 195 g/mol. The number of aromatic nitrogens is 2. The van der Waals surface area contributed by atoms with E-state index in [-0.39, 0.29) is 0 Å². The standard InChI is InChI=1S/C11H21N3/c1-3-11(2)9-12-5-4-7-14-8-6-13-10-14/h6,8,10-12H,3-5,7,9H2,1-2H3. The Hall–Kier alpha value is -0.830. The Kier molecular flexibility index (Phi) is 5.30. The molecule has 1 aromatic rings. The fourth-order valence-corrected chi connectivity index (χ4v) is 1.30. The molecule has 0 saturated heterocycles. The monoisotopic (exact) mass is 195 g/mol. The summed E-state index contributed by atoms with van der Waals surface area (Å²) in [6.07, 6.45) is 8.14. The molecular formula is C11H21N3. The summed E-state index contributed by atoms with van der Waals surface area (Å²) in [7, 11) is 0. The Bertz CT molecular complexity index is 218. The van der Waals surface area contributed by atoms with Crippen LogP contribution in [0.5, 0.6) is 0 Å². The first-order valence-electron chi connectivity index (χ1n) is 5.49. The Balaban J connectivity index is 1.95. The van der Waals surface area contributed by atoms with E-state index in [2.05, 4.69) is 28.7 Å². The Morgan fingerprint density at radius 3 is 3.00 bits per heavy atom. The Morgan fingerprint density at radius 1 is 1.50 bits per heavy atom. The molecule has 1 rings (SSSR count). The molecule has 1 atom stereocenters. The molecule has 0 spiro atoms. The van der Waals surface area contributed by atoms with Gasteiger partial charge in [0.2, 0.25) is 0 Å². The molecule has 1 aromatic heterocycles. The molecule has 1 heterocycles. The molecule has 3 nitrogen and oxygen atoms in total. The highest BCUT2D eigenvalue weighted by Crippen LogP contribution is 1.97. The zero-order valence-corrected chi connectivity index (χ0v) is 9.24. The second-order valence-corrected chi connectivity index (χ2v) is 3.87. The van der Waals surface area contributed by atoms with Crippen LogP contribution in [0.25, 0.3) is 0 Å². The number of rotatable bonds is 7. The van der Waals surface area contributed by atoms with E-state index in [4.69, 9.17) is 0 Å². The lowest BCUT2D eigenvalue weighted by molar-refractivity contribution is 0.484. The molecule has 0 bridgehead atoms. The van der Waals surface area contributed by atoms with Crippen molar-refractivity contribution in [1.29, 1.82) is 0 Å². The molecule has 0 amide bonds. The van der Waals surface area contributed by atoms with Crippen LogP contribution in [-0.4, -0.2) is 22.6 Å². The predicted molar refractivity (Wildman–Crippen MR) is 59.2 cm³/mol. The van der Waals surface area contributed by atoms with Crippen LogP contribution in [0.1, 0.15) is 26.7 Å². The van der Waals surface area contributed by atoms with Crippen molar-refractivity contribution < 1.29 is 0 Å². The van der Waals surface area contributed by atoms with E-state index in [1.165, 1.54) is 12.8 Å². The van der Waals surface area contributed by atoms with E-state index >= 15 is 0 Å². The first-order valence-corrected chi connectivity index (χ1v) is 5.49. The summed E-state index contributed by atoms with van der Waals surface area (Å²) in [6.45, 7) is 7.82. The van der Waals surface area contributed by atoms with E-state index in [1.807, 2.05) is 18.7 Å². The van der Waals surface area contributed by atoms with Gasteiger partial charge < -0.3 is 9.88 Å². The van der Waals surface area contributed by atoms with Gasteiger partial charge >= 0.3 is 0 Å². The Labute approximate surface area is 86.5 Å². The predicted octanol–water partition coefficient (Wildman–Crippen LogP) is 1.91. The molecule has 0 aliphatic rings. The van der Waals surface area contributed by atoms with Crippen molar-refractivity contribution in [1.82, 2.24) is 14.9 Å². The van der Waals surface area contributed by atoms with Gasteiger partial charge in [0.25, 0.3) is 0 Å². The Morgan fingerprint density at radius 2 is 2.36 bits per heavy atom. The average Bonchev–Trinajstić information content (AvgIpc) is 2.69. The van der Waals surface area contributed by atoms with E-state index < -0.39 is 0 Å². The molecule has 0 aliphatic carbocycles. The van der Waals surface area contributed by atoms with Crippen molar-refractivity contribution in [2.75, 3.05) is 13.1 Å². The van der Waals surface area contributed by atoms with Crippen LogP contribution >= 0.6 is 0 Å². The summed E-state index contributed by atoms with van der Waals surface area (Å²) in [4.78, 5) is 4.01. The summed E-state index contributed by atoms with van der Waals surface area (Å²) < 4.78 is 2.12. The van der Waals surface area contributed by atoms with Gasteiger partial charge in [-0.05, 0) is 25.4 Å². The van der Waals surface area contributed by atoms with Gasteiger partial charge in [-0.25, -0.2) is 4.98 Å². The third kappa shape index (κ3) is 4.42. The number of imidazole rings is 1. The molecule has 14 heavy (non-hydrogen) atoms. The minimum Gasteiger partial charge on any atom is -0.337 e. The highest BCUT2D eigenvalue weighted by Gasteiger charge is 1.96. The fraction of sp³-hybridized carbons (Fsp3) is 0.727. The van der Waals surface area contributed by atoms with Gasteiger partial charge in [-0.1, -0.05) is 20.3 Å². The third-order valence-electron chi connectivity index (χ3n) is 2.52. The van der Waals surface area contributed by atoms with Crippen LogP contribution in [0.15, 0.2) is 18.7 Å². The van der Waals surface area contributed by atoms with Crippen LogP contribution in [0, 0.1) is 5.92 Å². The van der Waals surface area contributed by atoms with Crippen molar-refractivity contribution >= 4 is 0 Å². The van der Waals surface area contributed by atoms with Gasteiger partial charge in [0.05, 0.1) is 6.33 Å². The lowest BCUT2D eigenvalue weighted by Crippen LogP contribution is -2.22. The van der Waals surface area contributed by atoms with Crippen molar-refractivity contribution in [3.63, 3.8) is 0 Å². The highest BCUT2D eigenvalue weighted by molar-refractivity contribution is 4.73. The van der Waals surface area contributed by atoms with Crippen molar-refractivity contribution in [3.05, 3.63) is 18.7 Å². The van der Waals surface area contributed by atoms with Gasteiger partial charge in [-0.2, -0.15) is 0 Å². The number of nitrogens with zero attached hydrogens (tertiary/aromatic N) is 2. The van der Waals surface area contributed by atoms with E-state index in [9.17, 15) is 0 Å². The second kappa shape index (κ2) is 6.60. The van der Waals surface area contributed by atoms with Gasteiger partial charge in [0.15, 0.2) is 0 Å². The van der Waals surface area contributed by atoms with E-state index in [1.54, 1.807) is 0 Å². The number of nitrogens with one attached hydrogen (secondary N) is 1. The molecule has 3 heteroatoms. The molecule has 80 valence electrons. The third-order valence-corrected chi connectivity index (χ3v) is 2.52. The van der Waals surface area contributed by atoms with Crippen LogP contribution in [0.2, 0.25) is 0 Å². The lowest BCUT2D eigenvalue weighted by Gasteiger charge is -2.09. The smallest absolute Gasteiger partial charge is 0.0945 e. The number of aryl methyl sites for hydroxylation is 1. The number of hydrogen-bond acceptors (Lipinski definition) is 2. The van der Waals surface area contributed by atoms with Crippen LogP contribution in [-0.2, 0) is 6.54 Å². The molecule has 0 aromatic carbocycles. The van der Waals surface area contributed by atoms with Gasteiger partial charge in [0, 0.05) is 18.9 Å². The van der Waals surface area contributed by atoms with E-state index in [0.717, 1.165) is 25.6 Å². The fourth-order valence-electron chi connectivity index (χ4n) is 1.30. The van der Waals surface area contributed by atoms with Gasteiger partial charge in [0.1, 0.15) is 0 Å². The van der Waals surface area contributed by atoms with Crippen molar-refractivity contribution in [2.24, 2.45) is 5.92 Å². The summed E-state index contributed by atoms with van der Waals surface area (Å²) in [5.74, 6) is 0.795. The summed E-state index contributed by atoms with van der Waals surface area (Å²) in [6, 6.07) is 0. The van der Waals surface area contributed by atoms with Crippen molar-refractivity contribution in [2.45, 2.75) is 33.2 Å². The van der Waals surface area contributed by atoms with Gasteiger partial charge in [-0.3, -0.25) is 0 Å². The molecule has 0 saturated carbocycles. The van der Waals surface area contributed by atoms with Gasteiger partial charge in [-0.15, -0.1) is 0 Å². The summed E-state index contributed by atoms with van der Waals surface area (Å²) >= 11 is 0. The van der Waals surface area contributed by atoms with Crippen LogP contribution in [0.4, 0.5) is 0 Å². The first-order chi connectivity index (χ1) is 6.83. The zero-order valence-electron chi connectivity index (χ0n) is 9.24. The van der Waals surface area contributed by atoms with Crippen LogP contribution < -0.4 is 5.32 Å². The lowest BCUT2D eigenvalue weighted by atomic mass is 10.1. The second-order valence-electron chi connectivity index (χ2n) is 3.87. The first kappa shape index (κ1) is 11.2. The molecule has 0 radical (unpaired) electrons. The van der Waals surface area contributed by atoms with E-state index in [0.29, 0.717) is 0 Å². The normalized spacial score (nSPS) is 13.0. The number of hydrogen-bond donors (Lipinski definition) is 1. The maximum absolute atomic E-state index is 4.01. The van der Waals surface area contributed by atoms with Crippen molar-refractivity contribution in [3.8, 4) is 0 Å². The molecule has 1 N–H and O–H groups in total. The summed E-state index contributed by atoms with van der Waals surface area (Å²) in [5, 5.41) is 3.46. The van der Waals surface area contributed by atoms with Crippen LogP contribution in [0.3, 0.4) is 0 Å². The largest absolute Gasteiger partial charge is 0.337 e. The molecule has 1 unspecified atom stereocenters. The SMILES string of the molecule is CCC(C)CNCCCn1ccnc1. The maximum Gasteiger partial charge on any atom is 0.0945 e. The maximum atomic E-state index is 4.01. The highest BCUT2D eigenvalue weighted by atomic mass is 15.0. The molecular weight excluding hydrogens is 174 g/mol. The quantitative estimate of drug-likeness (QED) is 0.674. The molecule has 0 aliphatic heterocycles. The minimum atomic E-state index is 0.795. The minimum absolute atomic E-state index is 0.795. The topological polar surface area (TPSA) is 29.9 Å². The molecule has 0 fully saturated rings. The zero-order chi connectivity index (χ0) is 10.2.